The predicted molar refractivity (Wildman–Crippen MR) is 122 cm³/mol. The number of carbonyl (C=O) groups excluding carboxylic acids is 3. The highest BCUT2D eigenvalue weighted by molar-refractivity contribution is 6.43. The molecule has 0 unspecified atom stereocenters. The number of Topliss-reactive ketones (excluding diaryl/α,β-unsaturated/α-hetero) is 1. The molecule has 2 bridgehead atoms. The largest absolute Gasteiger partial charge is 0.390 e. The molecule has 3 fully saturated rings. The second kappa shape index (κ2) is 8.25. The maximum absolute atomic E-state index is 13.4. The number of anilines is 1. The van der Waals surface area contributed by atoms with Crippen LogP contribution >= 0.6 is 11.6 Å². The molecule has 0 saturated heterocycles. The van der Waals surface area contributed by atoms with Crippen LogP contribution in [0.15, 0.2) is 18.2 Å². The lowest BCUT2D eigenvalue weighted by atomic mass is 9.63. The summed E-state index contributed by atoms with van der Waals surface area (Å²) in [5, 5.41) is 15.9. The van der Waals surface area contributed by atoms with Crippen molar-refractivity contribution in [1.29, 1.82) is 0 Å². The van der Waals surface area contributed by atoms with Gasteiger partial charge in [0, 0.05) is 24.0 Å². The molecule has 3 aliphatic carbocycles. The molecule has 1 aromatic carbocycles. The minimum Gasteiger partial charge on any atom is -0.390 e. The number of aromatic nitrogens is 1. The van der Waals surface area contributed by atoms with Crippen molar-refractivity contribution >= 4 is 34.9 Å². The van der Waals surface area contributed by atoms with E-state index in [0.717, 1.165) is 6.07 Å². The standard InChI is InChI=1S/C24H27ClFN3O4/c1-13-18(21(31)27-15-4-5-17(26)16(25)12-15)14(2)29(3)19(13)20(30)22(32)28-23-6-9-24(33,10-7-23)11-8-23/h4-5,12,33H,6-11H2,1-3H3,(H,27,31)(H,28,32). The number of benzene rings is 1. The number of hydrogen-bond donors (Lipinski definition) is 3. The molecule has 3 saturated carbocycles. The van der Waals surface area contributed by atoms with Gasteiger partial charge in [0.2, 0.25) is 0 Å². The quantitative estimate of drug-likeness (QED) is 0.452. The van der Waals surface area contributed by atoms with Crippen LogP contribution in [0.1, 0.15) is 70.6 Å². The Labute approximate surface area is 196 Å². The first kappa shape index (κ1) is 23.4. The van der Waals surface area contributed by atoms with E-state index in [-0.39, 0.29) is 16.3 Å². The molecule has 7 nitrogen and oxygen atoms in total. The van der Waals surface area contributed by atoms with Crippen LogP contribution < -0.4 is 10.6 Å². The number of amides is 2. The Morgan fingerprint density at radius 3 is 2.27 bits per heavy atom. The molecular weight excluding hydrogens is 449 g/mol. The van der Waals surface area contributed by atoms with E-state index < -0.39 is 34.6 Å². The first-order valence-corrected chi connectivity index (χ1v) is 11.3. The van der Waals surface area contributed by atoms with Crippen molar-refractivity contribution in [2.75, 3.05) is 5.32 Å². The minimum atomic E-state index is -0.706. The summed E-state index contributed by atoms with van der Waals surface area (Å²) in [6.07, 6.45) is 3.76. The Hall–Kier alpha value is -2.71. The fraction of sp³-hybridized carbons (Fsp3) is 0.458. The monoisotopic (exact) mass is 475 g/mol. The number of nitrogens with zero attached hydrogens (tertiary/aromatic N) is 1. The van der Waals surface area contributed by atoms with Crippen molar-refractivity contribution in [2.45, 2.75) is 63.5 Å². The van der Waals surface area contributed by atoms with Crippen molar-refractivity contribution in [3.8, 4) is 0 Å². The molecule has 33 heavy (non-hydrogen) atoms. The molecule has 0 radical (unpaired) electrons. The molecular formula is C24H27ClFN3O4. The SMILES string of the molecule is Cc1c(C(=O)Nc2ccc(F)c(Cl)c2)c(C)n(C)c1C(=O)C(=O)NC12CCC(O)(CC1)CC2. The lowest BCUT2D eigenvalue weighted by Crippen LogP contribution is -2.59. The first-order valence-electron chi connectivity index (χ1n) is 11.0. The van der Waals surface area contributed by atoms with Crippen LogP contribution in [0, 0.1) is 19.7 Å². The minimum absolute atomic E-state index is 0.120. The Morgan fingerprint density at radius 2 is 1.70 bits per heavy atom. The smallest absolute Gasteiger partial charge is 0.294 e. The summed E-state index contributed by atoms with van der Waals surface area (Å²) < 4.78 is 15.0. The third kappa shape index (κ3) is 4.17. The van der Waals surface area contributed by atoms with Crippen molar-refractivity contribution in [1.82, 2.24) is 9.88 Å². The van der Waals surface area contributed by atoms with Crippen molar-refractivity contribution in [3.05, 3.63) is 51.6 Å². The topological polar surface area (TPSA) is 100 Å². The maximum atomic E-state index is 13.4. The van der Waals surface area contributed by atoms with Crippen LogP contribution in [0.4, 0.5) is 10.1 Å². The van der Waals surface area contributed by atoms with Gasteiger partial charge in [0.05, 0.1) is 21.9 Å². The van der Waals surface area contributed by atoms with E-state index >= 15 is 0 Å². The number of aliphatic hydroxyl groups is 1. The summed E-state index contributed by atoms with van der Waals surface area (Å²) in [4.78, 5) is 39.1. The second-order valence-electron chi connectivity index (χ2n) is 9.36. The zero-order chi connectivity index (χ0) is 24.1. The van der Waals surface area contributed by atoms with Gasteiger partial charge in [0.15, 0.2) is 0 Å². The third-order valence-corrected chi connectivity index (χ3v) is 7.63. The van der Waals surface area contributed by atoms with E-state index in [0.29, 0.717) is 55.5 Å². The lowest BCUT2D eigenvalue weighted by Gasteiger charge is -2.51. The van der Waals surface area contributed by atoms with Gasteiger partial charge in [0.25, 0.3) is 17.6 Å². The van der Waals surface area contributed by atoms with Gasteiger partial charge in [-0.2, -0.15) is 0 Å². The molecule has 1 aromatic heterocycles. The Bertz CT molecular complexity index is 1150. The number of fused-ring (bicyclic) bond motifs is 3. The highest BCUT2D eigenvalue weighted by Crippen LogP contribution is 2.46. The normalized spacial score (nSPS) is 23.9. The van der Waals surface area contributed by atoms with Gasteiger partial charge in [-0.3, -0.25) is 14.4 Å². The van der Waals surface area contributed by atoms with Gasteiger partial charge in [-0.05, 0) is 76.1 Å². The summed E-state index contributed by atoms with van der Waals surface area (Å²) in [5.74, 6) is -2.49. The molecule has 5 rings (SSSR count). The molecule has 0 atom stereocenters. The molecule has 3 aliphatic rings. The van der Waals surface area contributed by atoms with E-state index in [9.17, 15) is 23.9 Å². The number of ketones is 1. The molecule has 2 amide bonds. The summed E-state index contributed by atoms with van der Waals surface area (Å²) >= 11 is 5.79. The first-order chi connectivity index (χ1) is 15.5. The van der Waals surface area contributed by atoms with Gasteiger partial charge in [-0.25, -0.2) is 4.39 Å². The van der Waals surface area contributed by atoms with E-state index in [1.54, 1.807) is 25.5 Å². The zero-order valence-corrected chi connectivity index (χ0v) is 19.6. The molecule has 0 spiro atoms. The van der Waals surface area contributed by atoms with E-state index in [4.69, 9.17) is 11.6 Å². The highest BCUT2D eigenvalue weighted by Gasteiger charge is 2.49. The van der Waals surface area contributed by atoms with Gasteiger partial charge >= 0.3 is 0 Å². The van der Waals surface area contributed by atoms with Gasteiger partial charge in [-0.15, -0.1) is 0 Å². The van der Waals surface area contributed by atoms with E-state index in [2.05, 4.69) is 10.6 Å². The number of carbonyl (C=O) groups is 3. The van der Waals surface area contributed by atoms with Crippen LogP contribution in [0.5, 0.6) is 0 Å². The Morgan fingerprint density at radius 1 is 1.09 bits per heavy atom. The number of hydrogen-bond acceptors (Lipinski definition) is 4. The van der Waals surface area contributed by atoms with Gasteiger partial charge in [-0.1, -0.05) is 11.6 Å². The summed E-state index contributed by atoms with van der Waals surface area (Å²) in [5.41, 5.74) is 0.535. The van der Waals surface area contributed by atoms with Crippen LogP contribution in [0.25, 0.3) is 0 Å². The lowest BCUT2D eigenvalue weighted by molar-refractivity contribution is -0.124. The average molecular weight is 476 g/mol. The number of halogens is 2. The number of rotatable bonds is 5. The fourth-order valence-corrected chi connectivity index (χ4v) is 5.34. The van der Waals surface area contributed by atoms with Gasteiger partial charge < -0.3 is 20.3 Å². The molecule has 2 aromatic rings. The summed E-state index contributed by atoms with van der Waals surface area (Å²) in [7, 11) is 1.63. The van der Waals surface area contributed by atoms with Crippen molar-refractivity contribution in [2.24, 2.45) is 7.05 Å². The third-order valence-electron chi connectivity index (χ3n) is 7.34. The average Bonchev–Trinajstić information content (AvgIpc) is 2.99. The highest BCUT2D eigenvalue weighted by atomic mass is 35.5. The summed E-state index contributed by atoms with van der Waals surface area (Å²) in [6, 6.07) is 3.84. The zero-order valence-electron chi connectivity index (χ0n) is 18.8. The van der Waals surface area contributed by atoms with Crippen molar-refractivity contribution in [3.63, 3.8) is 0 Å². The van der Waals surface area contributed by atoms with Crippen LogP contribution in [0.3, 0.4) is 0 Å². The fourth-order valence-electron chi connectivity index (χ4n) is 5.16. The molecule has 1 heterocycles. The van der Waals surface area contributed by atoms with E-state index in [1.165, 1.54) is 12.1 Å². The number of nitrogens with one attached hydrogen (secondary N) is 2. The predicted octanol–water partition coefficient (Wildman–Crippen LogP) is 3.82. The maximum Gasteiger partial charge on any atom is 0.294 e. The Kier molecular flexibility index (Phi) is 5.87. The molecule has 176 valence electrons. The van der Waals surface area contributed by atoms with Crippen molar-refractivity contribution < 1.29 is 23.9 Å². The molecule has 9 heteroatoms. The van der Waals surface area contributed by atoms with E-state index in [1.807, 2.05) is 0 Å². The van der Waals surface area contributed by atoms with Crippen LogP contribution in [-0.4, -0.2) is 38.4 Å². The summed E-state index contributed by atoms with van der Waals surface area (Å²) in [6.45, 7) is 3.32. The van der Waals surface area contributed by atoms with Crippen LogP contribution in [0.2, 0.25) is 5.02 Å². The van der Waals surface area contributed by atoms with Gasteiger partial charge in [0.1, 0.15) is 5.82 Å². The Balaban J connectivity index is 1.55. The second-order valence-corrected chi connectivity index (χ2v) is 9.77. The van der Waals surface area contributed by atoms with Crippen LogP contribution in [-0.2, 0) is 11.8 Å². The molecule has 0 aliphatic heterocycles. The molecule has 3 N–H and O–H groups in total.